The highest BCUT2D eigenvalue weighted by Crippen LogP contribution is 2.10. The molecule has 0 saturated carbocycles. The third-order valence-electron chi connectivity index (χ3n) is 3.16. The Labute approximate surface area is 117 Å². The smallest absolute Gasteiger partial charge is 0.222 e. The fourth-order valence-corrected chi connectivity index (χ4v) is 2.11. The van der Waals surface area contributed by atoms with E-state index in [1.165, 1.54) is 63.4 Å². The lowest BCUT2D eigenvalue weighted by atomic mass is 10.0. The Hall–Kier alpha value is -1.40. The van der Waals surface area contributed by atoms with Gasteiger partial charge < -0.3 is 0 Å². The van der Waals surface area contributed by atoms with Gasteiger partial charge >= 0.3 is 0 Å². The summed E-state index contributed by atoms with van der Waals surface area (Å²) in [5, 5.41) is 5.40. The molecular formula is C17H27NO. The monoisotopic (exact) mass is 261 g/mol. The fraction of sp³-hybridized carbons (Fsp3) is 0.588. The molecule has 0 aliphatic heterocycles. The van der Waals surface area contributed by atoms with Crippen LogP contribution in [0, 0.1) is 5.41 Å². The molecular weight excluding hydrogens is 234 g/mol. The van der Waals surface area contributed by atoms with Crippen LogP contribution in [0.2, 0.25) is 0 Å². The van der Waals surface area contributed by atoms with Crippen molar-refractivity contribution in [3.05, 3.63) is 35.9 Å². The van der Waals surface area contributed by atoms with E-state index in [2.05, 4.69) is 37.3 Å². The molecule has 2 nitrogen and oxygen atoms in total. The van der Waals surface area contributed by atoms with Gasteiger partial charge in [-0.15, -0.1) is 0 Å². The predicted molar refractivity (Wildman–Crippen MR) is 81.2 cm³/mol. The van der Waals surface area contributed by atoms with Crippen LogP contribution in [0.1, 0.15) is 63.9 Å². The van der Waals surface area contributed by atoms with Crippen molar-refractivity contribution in [3.63, 3.8) is 0 Å². The first kappa shape index (κ1) is 17.6. The van der Waals surface area contributed by atoms with Gasteiger partial charge in [0, 0.05) is 0 Å². The summed E-state index contributed by atoms with van der Waals surface area (Å²) in [5.74, 6) is 0. The minimum atomic E-state index is 0.750. The second kappa shape index (κ2) is 14.7. The van der Waals surface area contributed by atoms with E-state index < -0.39 is 0 Å². The summed E-state index contributed by atoms with van der Waals surface area (Å²) in [5.41, 5.74) is 1.49. The standard InChI is InChI=1S/C16H26.CHNO/c1-2-3-4-5-6-7-8-10-13-16-14-11-9-12-15-16;2-1-3/h9,11-12,14-15H,2-8,10,13H2,1H3;2H. The normalized spacial score (nSPS) is 9.32. The van der Waals surface area contributed by atoms with Gasteiger partial charge in [0.15, 0.2) is 0 Å². The Kier molecular flexibility index (Phi) is 13.6. The van der Waals surface area contributed by atoms with Crippen LogP contribution in [0.25, 0.3) is 0 Å². The molecule has 1 N–H and O–H groups in total. The zero-order valence-corrected chi connectivity index (χ0v) is 12.2. The molecule has 0 radical (unpaired) electrons. The zero-order valence-electron chi connectivity index (χ0n) is 12.2. The average Bonchev–Trinajstić information content (AvgIpc) is 2.44. The highest BCUT2D eigenvalue weighted by atomic mass is 16.1. The maximum Gasteiger partial charge on any atom is 0.231 e. The van der Waals surface area contributed by atoms with E-state index in [0.717, 1.165) is 6.08 Å². The number of unbranched alkanes of at least 4 members (excludes halogenated alkanes) is 7. The number of benzene rings is 1. The van der Waals surface area contributed by atoms with Crippen LogP contribution in [0.3, 0.4) is 0 Å². The molecule has 1 aromatic rings. The minimum absolute atomic E-state index is 0.750. The largest absolute Gasteiger partial charge is 0.231 e. The number of nitrogens with one attached hydrogen (secondary N) is 1. The molecule has 0 fully saturated rings. The summed E-state index contributed by atoms with van der Waals surface area (Å²) in [4.78, 5) is 8.35. The second-order valence-corrected chi connectivity index (χ2v) is 4.81. The molecule has 0 aliphatic rings. The van der Waals surface area contributed by atoms with E-state index in [1.807, 2.05) is 0 Å². The lowest BCUT2D eigenvalue weighted by Crippen LogP contribution is -1.85. The number of carbonyl (C=O) groups excluding carboxylic acids is 1. The summed E-state index contributed by atoms with van der Waals surface area (Å²) < 4.78 is 0. The Balaban J connectivity index is 0.000000982. The van der Waals surface area contributed by atoms with E-state index in [-0.39, 0.29) is 0 Å². The van der Waals surface area contributed by atoms with E-state index in [1.54, 1.807) is 0 Å². The van der Waals surface area contributed by atoms with Gasteiger partial charge in [0.1, 0.15) is 0 Å². The molecule has 0 aromatic heterocycles. The van der Waals surface area contributed by atoms with E-state index in [0.29, 0.717) is 0 Å². The summed E-state index contributed by atoms with van der Waals surface area (Å²) in [6.07, 6.45) is 13.3. The summed E-state index contributed by atoms with van der Waals surface area (Å²) in [6.45, 7) is 2.28. The predicted octanol–water partition coefficient (Wildman–Crippen LogP) is 5.27. The lowest BCUT2D eigenvalue weighted by Gasteiger charge is -2.02. The van der Waals surface area contributed by atoms with Crippen molar-refractivity contribution >= 4 is 6.08 Å². The van der Waals surface area contributed by atoms with Crippen LogP contribution in [-0.2, 0) is 11.2 Å². The van der Waals surface area contributed by atoms with Gasteiger partial charge in [-0.1, -0.05) is 82.2 Å². The lowest BCUT2D eigenvalue weighted by molar-refractivity contribution is 0.563. The summed E-state index contributed by atoms with van der Waals surface area (Å²) in [7, 11) is 0. The third-order valence-corrected chi connectivity index (χ3v) is 3.16. The summed E-state index contributed by atoms with van der Waals surface area (Å²) in [6, 6.07) is 10.8. The zero-order chi connectivity index (χ0) is 14.2. The average molecular weight is 261 g/mol. The molecule has 0 amide bonds. The Morgan fingerprint density at radius 3 is 1.89 bits per heavy atom. The van der Waals surface area contributed by atoms with Gasteiger partial charge in [-0.2, -0.15) is 0 Å². The first-order chi connectivity index (χ1) is 9.35. The molecule has 19 heavy (non-hydrogen) atoms. The van der Waals surface area contributed by atoms with E-state index in [9.17, 15) is 0 Å². The van der Waals surface area contributed by atoms with Crippen LogP contribution in [0.5, 0.6) is 0 Å². The van der Waals surface area contributed by atoms with E-state index in [4.69, 9.17) is 10.2 Å². The van der Waals surface area contributed by atoms with Crippen LogP contribution in [0.15, 0.2) is 30.3 Å². The van der Waals surface area contributed by atoms with Gasteiger partial charge in [-0.25, -0.2) is 10.2 Å². The van der Waals surface area contributed by atoms with Crippen LogP contribution in [0.4, 0.5) is 0 Å². The molecule has 0 spiro atoms. The van der Waals surface area contributed by atoms with Crippen LogP contribution >= 0.6 is 0 Å². The van der Waals surface area contributed by atoms with Crippen LogP contribution in [-0.4, -0.2) is 6.08 Å². The van der Waals surface area contributed by atoms with Crippen molar-refractivity contribution in [2.75, 3.05) is 0 Å². The number of hydrogen-bond acceptors (Lipinski definition) is 2. The van der Waals surface area contributed by atoms with Crippen molar-refractivity contribution < 1.29 is 4.79 Å². The molecule has 106 valence electrons. The maximum absolute atomic E-state index is 8.35. The Bertz CT molecular complexity index is 315. The van der Waals surface area contributed by atoms with Crippen LogP contribution < -0.4 is 0 Å². The van der Waals surface area contributed by atoms with E-state index >= 15 is 0 Å². The Morgan fingerprint density at radius 2 is 1.37 bits per heavy atom. The molecule has 0 saturated heterocycles. The molecule has 1 aromatic carbocycles. The molecule has 2 heteroatoms. The first-order valence-electron chi connectivity index (χ1n) is 7.43. The molecule has 1 rings (SSSR count). The first-order valence-corrected chi connectivity index (χ1v) is 7.43. The second-order valence-electron chi connectivity index (χ2n) is 4.81. The number of isocyanates is 1. The topological polar surface area (TPSA) is 40.9 Å². The number of aryl methyl sites for hydroxylation is 1. The number of hydrogen-bond donors (Lipinski definition) is 1. The fourth-order valence-electron chi connectivity index (χ4n) is 2.11. The molecule has 0 atom stereocenters. The van der Waals surface area contributed by atoms with Crippen molar-refractivity contribution in [1.29, 1.82) is 5.41 Å². The molecule has 0 aliphatic carbocycles. The van der Waals surface area contributed by atoms with Crippen molar-refractivity contribution in [3.8, 4) is 0 Å². The van der Waals surface area contributed by atoms with Gasteiger partial charge in [0.2, 0.25) is 6.08 Å². The molecule has 0 heterocycles. The molecule has 0 bridgehead atoms. The van der Waals surface area contributed by atoms with Crippen molar-refractivity contribution in [1.82, 2.24) is 0 Å². The van der Waals surface area contributed by atoms with Gasteiger partial charge in [-0.3, -0.25) is 0 Å². The van der Waals surface area contributed by atoms with Crippen molar-refractivity contribution in [2.24, 2.45) is 0 Å². The SMILES string of the molecule is CCCCCCCCCCc1ccccc1.N=C=O. The summed E-state index contributed by atoms with van der Waals surface area (Å²) >= 11 is 0. The highest BCUT2D eigenvalue weighted by Gasteiger charge is 1.93. The van der Waals surface area contributed by atoms with Gasteiger partial charge in [-0.05, 0) is 18.4 Å². The third kappa shape index (κ3) is 12.8. The molecule has 0 unspecified atom stereocenters. The number of rotatable bonds is 9. The Morgan fingerprint density at radius 1 is 0.895 bits per heavy atom. The van der Waals surface area contributed by atoms with Crippen molar-refractivity contribution in [2.45, 2.75) is 64.7 Å². The minimum Gasteiger partial charge on any atom is -0.222 e. The quantitative estimate of drug-likeness (QED) is 0.367. The highest BCUT2D eigenvalue weighted by molar-refractivity contribution is 5.26. The maximum atomic E-state index is 8.35. The van der Waals surface area contributed by atoms with Gasteiger partial charge in [0.25, 0.3) is 0 Å². The van der Waals surface area contributed by atoms with Gasteiger partial charge in [0.05, 0.1) is 0 Å².